The molecule has 0 fully saturated rings. The molecule has 0 heterocycles. The van der Waals surface area contributed by atoms with Crippen molar-refractivity contribution in [3.05, 3.63) is 0 Å². The van der Waals surface area contributed by atoms with E-state index >= 15 is 0 Å². The second-order valence-electron chi connectivity index (χ2n) is 3.14. The third kappa shape index (κ3) is 6.10. The molecule has 1 atom stereocenters. The number of carbonyl (C=O) groups is 2. The van der Waals surface area contributed by atoms with Gasteiger partial charge >= 0.3 is 11.9 Å². The van der Waals surface area contributed by atoms with Crippen molar-refractivity contribution in [3.63, 3.8) is 0 Å². The Morgan fingerprint density at radius 2 is 1.92 bits per heavy atom. The van der Waals surface area contributed by atoms with Crippen molar-refractivity contribution in [2.45, 2.75) is 26.4 Å². The van der Waals surface area contributed by atoms with Gasteiger partial charge in [0.25, 0.3) is 0 Å². The first-order chi connectivity index (χ1) is 5.93. The van der Waals surface area contributed by atoms with Crippen LogP contribution in [0.5, 0.6) is 0 Å². The van der Waals surface area contributed by atoms with Crippen molar-refractivity contribution in [2.75, 3.05) is 6.61 Å². The minimum absolute atomic E-state index is 0.200. The van der Waals surface area contributed by atoms with Crippen LogP contribution in [0, 0.1) is 5.92 Å². The van der Waals surface area contributed by atoms with Crippen LogP contribution in [-0.4, -0.2) is 34.9 Å². The number of rotatable bonds is 5. The van der Waals surface area contributed by atoms with Gasteiger partial charge in [0.05, 0.1) is 13.0 Å². The van der Waals surface area contributed by atoms with Gasteiger partial charge < -0.3 is 14.9 Å². The molecule has 0 aliphatic rings. The summed E-state index contributed by atoms with van der Waals surface area (Å²) in [7, 11) is 0. The Hall–Kier alpha value is -1.10. The minimum atomic E-state index is -1.67. The number of esters is 1. The number of aliphatic hydroxyl groups is 1. The molecule has 0 saturated carbocycles. The highest BCUT2D eigenvalue weighted by atomic mass is 16.5. The fourth-order valence-electron chi connectivity index (χ4n) is 0.564. The van der Waals surface area contributed by atoms with Crippen molar-refractivity contribution in [2.24, 2.45) is 5.92 Å². The molecule has 2 N–H and O–H groups in total. The maximum absolute atomic E-state index is 10.8. The molecule has 76 valence electrons. The lowest BCUT2D eigenvalue weighted by Crippen LogP contribution is -2.24. The molecule has 0 aliphatic carbocycles. The zero-order valence-electron chi connectivity index (χ0n) is 7.69. The third-order valence-corrected chi connectivity index (χ3v) is 1.22. The van der Waals surface area contributed by atoms with Crippen LogP contribution in [0.25, 0.3) is 0 Å². The number of hydrogen-bond acceptors (Lipinski definition) is 4. The van der Waals surface area contributed by atoms with Gasteiger partial charge in [-0.3, -0.25) is 4.79 Å². The predicted molar refractivity (Wildman–Crippen MR) is 44.1 cm³/mol. The van der Waals surface area contributed by atoms with Gasteiger partial charge in [0.15, 0.2) is 6.10 Å². The molecule has 0 spiro atoms. The lowest BCUT2D eigenvalue weighted by atomic mass is 10.2. The van der Waals surface area contributed by atoms with Crippen LogP contribution >= 0.6 is 0 Å². The van der Waals surface area contributed by atoms with Gasteiger partial charge in [-0.25, -0.2) is 4.79 Å². The van der Waals surface area contributed by atoms with Gasteiger partial charge in [0.2, 0.25) is 0 Å². The molecule has 0 aromatic heterocycles. The quantitative estimate of drug-likeness (QED) is 0.597. The fourth-order valence-corrected chi connectivity index (χ4v) is 0.564. The maximum atomic E-state index is 10.8. The monoisotopic (exact) mass is 190 g/mol. The van der Waals surface area contributed by atoms with Crippen LogP contribution in [0.3, 0.4) is 0 Å². The fraction of sp³-hybridized carbons (Fsp3) is 0.750. The zero-order chi connectivity index (χ0) is 10.4. The largest absolute Gasteiger partial charge is 0.479 e. The molecular formula is C8H14O5. The molecule has 13 heavy (non-hydrogen) atoms. The average molecular weight is 190 g/mol. The topological polar surface area (TPSA) is 83.8 Å². The highest BCUT2D eigenvalue weighted by molar-refractivity contribution is 5.80. The molecule has 0 rings (SSSR count). The molecule has 0 amide bonds. The first kappa shape index (κ1) is 11.9. The molecule has 0 aromatic rings. The van der Waals surface area contributed by atoms with Gasteiger partial charge in [-0.15, -0.1) is 0 Å². The van der Waals surface area contributed by atoms with E-state index in [2.05, 4.69) is 4.74 Å². The smallest absolute Gasteiger partial charge is 0.333 e. The van der Waals surface area contributed by atoms with Crippen LogP contribution in [0.15, 0.2) is 0 Å². The Bertz CT molecular complexity index is 187. The van der Waals surface area contributed by atoms with E-state index in [1.165, 1.54) is 0 Å². The summed E-state index contributed by atoms with van der Waals surface area (Å²) in [4.78, 5) is 20.9. The lowest BCUT2D eigenvalue weighted by Gasteiger charge is -2.08. The summed E-state index contributed by atoms with van der Waals surface area (Å²) in [6, 6.07) is 0. The molecule has 5 nitrogen and oxygen atoms in total. The number of ether oxygens (including phenoxy) is 1. The molecule has 5 heteroatoms. The van der Waals surface area contributed by atoms with E-state index in [0.29, 0.717) is 0 Å². The molecule has 0 saturated heterocycles. The number of carbonyl (C=O) groups excluding carboxylic acids is 1. The minimum Gasteiger partial charge on any atom is -0.479 e. The molecule has 1 unspecified atom stereocenters. The summed E-state index contributed by atoms with van der Waals surface area (Å²) in [5.41, 5.74) is 0. The van der Waals surface area contributed by atoms with Crippen LogP contribution in [-0.2, 0) is 14.3 Å². The molecular weight excluding hydrogens is 176 g/mol. The number of aliphatic hydroxyl groups excluding tert-OH is 1. The first-order valence-electron chi connectivity index (χ1n) is 4.00. The predicted octanol–water partition coefficient (Wildman–Crippen LogP) is 0.0212. The van der Waals surface area contributed by atoms with E-state index in [-0.39, 0.29) is 12.5 Å². The Balaban J connectivity index is 3.68. The SMILES string of the molecule is CC(C)COC(=O)CC(O)C(=O)O. The summed E-state index contributed by atoms with van der Waals surface area (Å²) < 4.78 is 4.66. The second kappa shape index (κ2) is 5.53. The Labute approximate surface area is 76.3 Å². The van der Waals surface area contributed by atoms with Gasteiger partial charge in [-0.05, 0) is 5.92 Å². The average Bonchev–Trinajstić information content (AvgIpc) is 2.00. The van der Waals surface area contributed by atoms with Crippen molar-refractivity contribution in [1.82, 2.24) is 0 Å². The van der Waals surface area contributed by atoms with Crippen LogP contribution < -0.4 is 0 Å². The van der Waals surface area contributed by atoms with E-state index in [0.717, 1.165) is 0 Å². The number of carboxylic acids is 1. The normalized spacial score (nSPS) is 12.6. The molecule has 0 radical (unpaired) electrons. The van der Waals surface area contributed by atoms with Crippen molar-refractivity contribution < 1.29 is 24.5 Å². The van der Waals surface area contributed by atoms with Crippen molar-refractivity contribution >= 4 is 11.9 Å². The summed E-state index contributed by atoms with van der Waals surface area (Å²) in [5.74, 6) is -1.91. The summed E-state index contributed by atoms with van der Waals surface area (Å²) in [5, 5.41) is 17.0. The van der Waals surface area contributed by atoms with Gasteiger partial charge in [-0.2, -0.15) is 0 Å². The van der Waals surface area contributed by atoms with Crippen molar-refractivity contribution in [3.8, 4) is 0 Å². The first-order valence-corrected chi connectivity index (χ1v) is 4.00. The van der Waals surface area contributed by atoms with E-state index in [1.54, 1.807) is 0 Å². The van der Waals surface area contributed by atoms with Crippen LogP contribution in [0.2, 0.25) is 0 Å². The van der Waals surface area contributed by atoms with E-state index in [4.69, 9.17) is 10.2 Å². The van der Waals surface area contributed by atoms with Gasteiger partial charge in [-0.1, -0.05) is 13.8 Å². The summed E-state index contributed by atoms with van der Waals surface area (Å²) in [6.07, 6.45) is -2.16. The van der Waals surface area contributed by atoms with Crippen molar-refractivity contribution in [1.29, 1.82) is 0 Å². The molecule has 0 aromatic carbocycles. The zero-order valence-corrected chi connectivity index (χ0v) is 7.69. The highest BCUT2D eigenvalue weighted by Crippen LogP contribution is 1.98. The van der Waals surface area contributed by atoms with E-state index < -0.39 is 24.5 Å². The van der Waals surface area contributed by atoms with E-state index in [9.17, 15) is 9.59 Å². The third-order valence-electron chi connectivity index (χ3n) is 1.22. The second-order valence-corrected chi connectivity index (χ2v) is 3.14. The molecule has 0 aliphatic heterocycles. The number of aliphatic carboxylic acids is 1. The van der Waals surface area contributed by atoms with Gasteiger partial charge in [0, 0.05) is 0 Å². The number of carboxylic acid groups (broad SMARTS) is 1. The Kier molecular flexibility index (Phi) is 5.06. The Morgan fingerprint density at radius 3 is 2.31 bits per heavy atom. The number of hydrogen-bond donors (Lipinski definition) is 2. The molecule has 0 bridgehead atoms. The standard InChI is InChI=1S/C8H14O5/c1-5(2)4-13-7(10)3-6(9)8(11)12/h5-6,9H,3-4H2,1-2H3,(H,11,12). The highest BCUT2D eigenvalue weighted by Gasteiger charge is 2.18. The lowest BCUT2D eigenvalue weighted by molar-refractivity contribution is -0.156. The maximum Gasteiger partial charge on any atom is 0.333 e. The summed E-state index contributed by atoms with van der Waals surface area (Å²) in [6.45, 7) is 3.97. The Morgan fingerprint density at radius 1 is 1.38 bits per heavy atom. The van der Waals surface area contributed by atoms with Crippen LogP contribution in [0.4, 0.5) is 0 Å². The van der Waals surface area contributed by atoms with Gasteiger partial charge in [0.1, 0.15) is 0 Å². The van der Waals surface area contributed by atoms with Crippen LogP contribution in [0.1, 0.15) is 20.3 Å². The van der Waals surface area contributed by atoms with E-state index in [1.807, 2.05) is 13.8 Å². The summed E-state index contributed by atoms with van der Waals surface area (Å²) >= 11 is 0.